The van der Waals surface area contributed by atoms with Crippen LogP contribution in [0.3, 0.4) is 0 Å². The minimum atomic E-state index is -0.159. The molecule has 0 fully saturated rings. The second-order valence-electron chi connectivity index (χ2n) is 3.90. The van der Waals surface area contributed by atoms with Crippen molar-refractivity contribution in [1.29, 1.82) is 0 Å². The smallest absolute Gasteiger partial charge is 0.272 e. The van der Waals surface area contributed by atoms with Gasteiger partial charge in [-0.2, -0.15) is 5.10 Å². The summed E-state index contributed by atoms with van der Waals surface area (Å²) >= 11 is 0. The van der Waals surface area contributed by atoms with Crippen LogP contribution < -0.4 is 5.73 Å². The molecular formula is C10H17N5O2. The van der Waals surface area contributed by atoms with E-state index in [1.165, 1.54) is 9.58 Å². The Labute approximate surface area is 99.5 Å². The lowest BCUT2D eigenvalue weighted by molar-refractivity contribution is 0.0736. The van der Waals surface area contributed by atoms with E-state index < -0.39 is 0 Å². The number of hydrogen-bond donors (Lipinski definition) is 2. The molecule has 0 spiro atoms. The summed E-state index contributed by atoms with van der Waals surface area (Å²) in [4.78, 5) is 13.6. The highest BCUT2D eigenvalue weighted by Crippen LogP contribution is 2.07. The Bertz CT molecular complexity index is 426. The van der Waals surface area contributed by atoms with Crippen molar-refractivity contribution >= 4 is 11.7 Å². The maximum atomic E-state index is 12.1. The molecule has 0 bridgehead atoms. The van der Waals surface area contributed by atoms with Gasteiger partial charge in [-0.05, 0) is 13.0 Å². The summed E-state index contributed by atoms with van der Waals surface area (Å²) in [6.45, 7) is 1.83. The number of aryl methyl sites for hydroxylation is 1. The van der Waals surface area contributed by atoms with Gasteiger partial charge in [0.1, 0.15) is 11.5 Å². The summed E-state index contributed by atoms with van der Waals surface area (Å²) in [6, 6.07) is 1.49. The van der Waals surface area contributed by atoms with E-state index in [4.69, 9.17) is 10.9 Å². The molecule has 0 saturated carbocycles. The van der Waals surface area contributed by atoms with Gasteiger partial charge in [0.05, 0.1) is 0 Å². The van der Waals surface area contributed by atoms with Gasteiger partial charge in [-0.1, -0.05) is 5.16 Å². The molecule has 0 aromatic carbocycles. The Balaban J connectivity index is 2.73. The normalized spacial score (nSPS) is 13.5. The molecule has 0 aliphatic rings. The number of amidine groups is 1. The number of rotatable bonds is 4. The molecule has 17 heavy (non-hydrogen) atoms. The summed E-state index contributed by atoms with van der Waals surface area (Å²) in [5.41, 5.74) is 5.90. The third-order valence-corrected chi connectivity index (χ3v) is 2.65. The Morgan fingerprint density at radius 3 is 2.88 bits per heavy atom. The topological polar surface area (TPSA) is 96.7 Å². The van der Waals surface area contributed by atoms with Crippen LogP contribution in [-0.4, -0.2) is 44.7 Å². The molecule has 94 valence electrons. The highest BCUT2D eigenvalue weighted by atomic mass is 16.4. The zero-order valence-electron chi connectivity index (χ0n) is 10.2. The molecule has 1 heterocycles. The second kappa shape index (κ2) is 5.33. The summed E-state index contributed by atoms with van der Waals surface area (Å²) in [5, 5.41) is 15.3. The third-order valence-electron chi connectivity index (χ3n) is 2.65. The molecule has 0 aliphatic heterocycles. The summed E-state index contributed by atoms with van der Waals surface area (Å²) in [6.07, 6.45) is 1.88. The lowest BCUT2D eigenvalue weighted by atomic mass is 10.2. The van der Waals surface area contributed by atoms with E-state index in [0.717, 1.165) is 0 Å². The number of hydrogen-bond acceptors (Lipinski definition) is 4. The van der Waals surface area contributed by atoms with Gasteiger partial charge >= 0.3 is 0 Å². The zero-order chi connectivity index (χ0) is 13.0. The van der Waals surface area contributed by atoms with Crippen molar-refractivity contribution < 1.29 is 10.0 Å². The first-order chi connectivity index (χ1) is 7.97. The SMILES string of the molecule is CC(CC(N)=NO)N(C)C(=O)c1ccnn1C. The molecular weight excluding hydrogens is 222 g/mol. The molecule has 1 aromatic heterocycles. The predicted molar refractivity (Wildman–Crippen MR) is 62.8 cm³/mol. The van der Waals surface area contributed by atoms with Crippen molar-refractivity contribution in [3.05, 3.63) is 18.0 Å². The van der Waals surface area contributed by atoms with Gasteiger partial charge in [0.2, 0.25) is 0 Å². The Morgan fingerprint density at radius 2 is 2.41 bits per heavy atom. The zero-order valence-corrected chi connectivity index (χ0v) is 10.2. The van der Waals surface area contributed by atoms with E-state index in [-0.39, 0.29) is 17.8 Å². The predicted octanol–water partition coefficient (Wildman–Crippen LogP) is 0.0171. The van der Waals surface area contributed by atoms with E-state index in [0.29, 0.717) is 12.1 Å². The fourth-order valence-corrected chi connectivity index (χ4v) is 1.44. The maximum absolute atomic E-state index is 12.1. The van der Waals surface area contributed by atoms with E-state index in [9.17, 15) is 4.79 Å². The van der Waals surface area contributed by atoms with Crippen LogP contribution >= 0.6 is 0 Å². The van der Waals surface area contributed by atoms with Gasteiger partial charge in [0, 0.05) is 32.8 Å². The first-order valence-corrected chi connectivity index (χ1v) is 5.19. The Kier molecular flexibility index (Phi) is 4.08. The molecule has 0 aliphatic carbocycles. The van der Waals surface area contributed by atoms with Gasteiger partial charge in [0.25, 0.3) is 5.91 Å². The number of nitrogens with two attached hydrogens (primary N) is 1. The van der Waals surface area contributed by atoms with Crippen LogP contribution in [0.2, 0.25) is 0 Å². The van der Waals surface area contributed by atoms with Gasteiger partial charge < -0.3 is 15.8 Å². The van der Waals surface area contributed by atoms with E-state index in [1.54, 1.807) is 26.4 Å². The highest BCUT2D eigenvalue weighted by molar-refractivity contribution is 5.93. The van der Waals surface area contributed by atoms with Crippen molar-refractivity contribution in [3.63, 3.8) is 0 Å². The number of carbonyl (C=O) groups excluding carboxylic acids is 1. The number of nitrogens with zero attached hydrogens (tertiary/aromatic N) is 4. The molecule has 1 aromatic rings. The fraction of sp³-hybridized carbons (Fsp3) is 0.500. The van der Waals surface area contributed by atoms with Crippen LogP contribution in [0.25, 0.3) is 0 Å². The summed E-state index contributed by atoms with van der Waals surface area (Å²) in [7, 11) is 3.37. The summed E-state index contributed by atoms with van der Waals surface area (Å²) in [5.74, 6) is -0.0506. The van der Waals surface area contributed by atoms with E-state index >= 15 is 0 Å². The van der Waals surface area contributed by atoms with Crippen molar-refractivity contribution in [2.24, 2.45) is 17.9 Å². The van der Waals surface area contributed by atoms with Crippen LogP contribution in [0.1, 0.15) is 23.8 Å². The molecule has 7 heteroatoms. The second-order valence-corrected chi connectivity index (χ2v) is 3.90. The van der Waals surface area contributed by atoms with Crippen molar-refractivity contribution in [3.8, 4) is 0 Å². The molecule has 1 atom stereocenters. The van der Waals surface area contributed by atoms with Crippen LogP contribution in [-0.2, 0) is 7.05 Å². The highest BCUT2D eigenvalue weighted by Gasteiger charge is 2.20. The number of aromatic nitrogens is 2. The number of oxime groups is 1. The quantitative estimate of drug-likeness (QED) is 0.335. The van der Waals surface area contributed by atoms with Crippen LogP contribution in [0.5, 0.6) is 0 Å². The average Bonchev–Trinajstić information content (AvgIpc) is 2.73. The van der Waals surface area contributed by atoms with Crippen molar-refractivity contribution in [2.75, 3.05) is 7.05 Å². The summed E-state index contributed by atoms with van der Waals surface area (Å²) < 4.78 is 1.51. The number of carbonyl (C=O) groups is 1. The van der Waals surface area contributed by atoms with Gasteiger partial charge in [0.15, 0.2) is 0 Å². The minimum Gasteiger partial charge on any atom is -0.409 e. The van der Waals surface area contributed by atoms with Crippen molar-refractivity contribution in [2.45, 2.75) is 19.4 Å². The molecule has 0 saturated heterocycles. The van der Waals surface area contributed by atoms with Crippen LogP contribution in [0, 0.1) is 0 Å². The minimum absolute atomic E-state index is 0.0992. The standard InChI is InChI=1S/C10H17N5O2/c1-7(6-9(11)13-17)14(2)10(16)8-4-5-12-15(8)3/h4-5,7,17H,6H2,1-3H3,(H2,11,13). The largest absolute Gasteiger partial charge is 0.409 e. The van der Waals surface area contributed by atoms with E-state index in [2.05, 4.69) is 10.3 Å². The first kappa shape index (κ1) is 13.0. The van der Waals surface area contributed by atoms with Crippen molar-refractivity contribution in [1.82, 2.24) is 14.7 Å². The molecule has 3 N–H and O–H groups in total. The number of amides is 1. The molecule has 1 unspecified atom stereocenters. The average molecular weight is 239 g/mol. The molecule has 1 amide bonds. The van der Waals surface area contributed by atoms with E-state index in [1.807, 2.05) is 6.92 Å². The van der Waals surface area contributed by atoms with Gasteiger partial charge in [-0.25, -0.2) is 0 Å². The molecule has 1 rings (SSSR count). The Hall–Kier alpha value is -2.05. The Morgan fingerprint density at radius 1 is 1.76 bits per heavy atom. The van der Waals surface area contributed by atoms with Gasteiger partial charge in [-0.15, -0.1) is 0 Å². The maximum Gasteiger partial charge on any atom is 0.272 e. The lowest BCUT2D eigenvalue weighted by Gasteiger charge is -2.24. The monoisotopic (exact) mass is 239 g/mol. The van der Waals surface area contributed by atoms with Crippen LogP contribution in [0.15, 0.2) is 17.4 Å². The van der Waals surface area contributed by atoms with Crippen LogP contribution in [0.4, 0.5) is 0 Å². The lowest BCUT2D eigenvalue weighted by Crippen LogP contribution is -2.38. The fourth-order valence-electron chi connectivity index (χ4n) is 1.44. The third kappa shape index (κ3) is 2.96. The molecule has 0 radical (unpaired) electrons. The first-order valence-electron chi connectivity index (χ1n) is 5.19. The van der Waals surface area contributed by atoms with Gasteiger partial charge in [-0.3, -0.25) is 9.48 Å². The molecule has 7 nitrogen and oxygen atoms in total.